The third-order valence-corrected chi connectivity index (χ3v) is 2.75. The SMILES string of the molecule is CCCCN(CCCC)c1cc(C)nc(N)n1. The molecule has 0 aliphatic heterocycles. The third-order valence-electron chi connectivity index (χ3n) is 2.75. The largest absolute Gasteiger partial charge is 0.368 e. The van der Waals surface area contributed by atoms with E-state index in [-0.39, 0.29) is 0 Å². The summed E-state index contributed by atoms with van der Waals surface area (Å²) in [5, 5.41) is 0. The first kappa shape index (κ1) is 13.7. The zero-order chi connectivity index (χ0) is 12.7. The fraction of sp³-hybridized carbons (Fsp3) is 0.692. The topological polar surface area (TPSA) is 55.0 Å². The number of hydrogen-bond acceptors (Lipinski definition) is 4. The summed E-state index contributed by atoms with van der Waals surface area (Å²) >= 11 is 0. The van der Waals surface area contributed by atoms with E-state index in [0.717, 1.165) is 24.6 Å². The fourth-order valence-electron chi connectivity index (χ4n) is 1.78. The van der Waals surface area contributed by atoms with Crippen LogP contribution in [-0.2, 0) is 0 Å². The Morgan fingerprint density at radius 2 is 1.71 bits per heavy atom. The van der Waals surface area contributed by atoms with Crippen LogP contribution in [0.25, 0.3) is 0 Å². The van der Waals surface area contributed by atoms with E-state index in [4.69, 9.17) is 5.73 Å². The highest BCUT2D eigenvalue weighted by atomic mass is 15.2. The molecule has 2 N–H and O–H groups in total. The standard InChI is InChI=1S/C13H24N4/c1-4-6-8-17(9-7-5-2)12-10-11(3)15-13(14)16-12/h10H,4-9H2,1-3H3,(H2,14,15,16). The van der Waals surface area contributed by atoms with Crippen LogP contribution in [-0.4, -0.2) is 23.1 Å². The first-order chi connectivity index (χ1) is 8.17. The summed E-state index contributed by atoms with van der Waals surface area (Å²) in [4.78, 5) is 10.8. The molecule has 1 aromatic heterocycles. The molecule has 0 aromatic carbocycles. The Hall–Kier alpha value is -1.32. The monoisotopic (exact) mass is 236 g/mol. The van der Waals surface area contributed by atoms with Crippen molar-refractivity contribution in [1.29, 1.82) is 0 Å². The highest BCUT2D eigenvalue weighted by Crippen LogP contribution is 2.15. The Morgan fingerprint density at radius 1 is 1.12 bits per heavy atom. The number of anilines is 2. The summed E-state index contributed by atoms with van der Waals surface area (Å²) in [6, 6.07) is 2.02. The molecule has 0 amide bonds. The first-order valence-electron chi connectivity index (χ1n) is 6.53. The Bertz CT molecular complexity index is 310. The molecule has 1 rings (SSSR count). The van der Waals surface area contributed by atoms with E-state index in [1.165, 1.54) is 25.7 Å². The number of rotatable bonds is 7. The number of unbranched alkanes of at least 4 members (excludes halogenated alkanes) is 2. The minimum Gasteiger partial charge on any atom is -0.368 e. The normalized spacial score (nSPS) is 10.5. The molecular weight excluding hydrogens is 212 g/mol. The van der Waals surface area contributed by atoms with Gasteiger partial charge in [-0.1, -0.05) is 26.7 Å². The van der Waals surface area contributed by atoms with Crippen LogP contribution in [0.1, 0.15) is 45.2 Å². The van der Waals surface area contributed by atoms with Crippen molar-refractivity contribution in [3.63, 3.8) is 0 Å². The summed E-state index contributed by atoms with van der Waals surface area (Å²) < 4.78 is 0. The van der Waals surface area contributed by atoms with Crippen molar-refractivity contribution in [2.75, 3.05) is 23.7 Å². The van der Waals surface area contributed by atoms with Gasteiger partial charge >= 0.3 is 0 Å². The van der Waals surface area contributed by atoms with Gasteiger partial charge in [-0.05, 0) is 19.8 Å². The number of nitrogen functional groups attached to an aromatic ring is 1. The second-order valence-electron chi connectivity index (χ2n) is 4.42. The van der Waals surface area contributed by atoms with Gasteiger partial charge in [0.25, 0.3) is 0 Å². The Morgan fingerprint density at radius 3 is 2.18 bits per heavy atom. The average molecular weight is 236 g/mol. The van der Waals surface area contributed by atoms with Crippen LogP contribution in [0.4, 0.5) is 11.8 Å². The van der Waals surface area contributed by atoms with E-state index in [1.807, 2.05) is 13.0 Å². The summed E-state index contributed by atoms with van der Waals surface area (Å²) in [5.41, 5.74) is 6.64. The smallest absolute Gasteiger partial charge is 0.222 e. The van der Waals surface area contributed by atoms with E-state index < -0.39 is 0 Å². The second kappa shape index (κ2) is 7.09. The molecule has 0 saturated heterocycles. The van der Waals surface area contributed by atoms with Crippen LogP contribution in [0.2, 0.25) is 0 Å². The van der Waals surface area contributed by atoms with Gasteiger partial charge in [-0.15, -0.1) is 0 Å². The Kier molecular flexibility index (Phi) is 5.73. The molecule has 0 bridgehead atoms. The van der Waals surface area contributed by atoms with E-state index in [0.29, 0.717) is 5.95 Å². The van der Waals surface area contributed by atoms with Gasteiger partial charge in [0.15, 0.2) is 0 Å². The zero-order valence-electron chi connectivity index (χ0n) is 11.2. The molecule has 0 atom stereocenters. The minimum atomic E-state index is 0.373. The van der Waals surface area contributed by atoms with Crippen molar-refractivity contribution in [3.05, 3.63) is 11.8 Å². The van der Waals surface area contributed by atoms with Gasteiger partial charge in [0.2, 0.25) is 5.95 Å². The average Bonchev–Trinajstić information content (AvgIpc) is 2.28. The molecule has 0 aliphatic carbocycles. The third kappa shape index (κ3) is 4.59. The van der Waals surface area contributed by atoms with Crippen LogP contribution in [0, 0.1) is 6.92 Å². The van der Waals surface area contributed by atoms with E-state index in [1.54, 1.807) is 0 Å². The second-order valence-corrected chi connectivity index (χ2v) is 4.42. The molecule has 0 saturated carbocycles. The molecule has 0 spiro atoms. The van der Waals surface area contributed by atoms with Crippen molar-refractivity contribution in [2.24, 2.45) is 0 Å². The molecule has 96 valence electrons. The molecule has 4 heteroatoms. The number of aromatic nitrogens is 2. The summed E-state index contributed by atoms with van der Waals surface area (Å²) in [5.74, 6) is 1.34. The van der Waals surface area contributed by atoms with Crippen molar-refractivity contribution in [3.8, 4) is 0 Å². The molecule has 0 radical (unpaired) electrons. The summed E-state index contributed by atoms with van der Waals surface area (Å²) in [6.07, 6.45) is 4.77. The predicted octanol–water partition coefficient (Wildman–Crippen LogP) is 2.77. The lowest BCUT2D eigenvalue weighted by atomic mass is 10.2. The highest BCUT2D eigenvalue weighted by molar-refractivity contribution is 5.43. The van der Waals surface area contributed by atoms with Gasteiger partial charge in [-0.3, -0.25) is 0 Å². The molecule has 0 fully saturated rings. The summed E-state index contributed by atoms with van der Waals surface area (Å²) in [7, 11) is 0. The van der Waals surface area contributed by atoms with Crippen LogP contribution in [0.5, 0.6) is 0 Å². The van der Waals surface area contributed by atoms with Gasteiger partial charge in [0.1, 0.15) is 5.82 Å². The number of hydrogen-bond donors (Lipinski definition) is 1. The van der Waals surface area contributed by atoms with Crippen LogP contribution >= 0.6 is 0 Å². The Labute approximate surface area is 104 Å². The number of nitrogens with two attached hydrogens (primary N) is 1. The van der Waals surface area contributed by atoms with Crippen LogP contribution < -0.4 is 10.6 Å². The van der Waals surface area contributed by atoms with E-state index >= 15 is 0 Å². The lowest BCUT2D eigenvalue weighted by molar-refractivity contribution is 0.670. The molecule has 1 aromatic rings. The first-order valence-corrected chi connectivity index (χ1v) is 6.53. The Balaban J connectivity index is 2.78. The van der Waals surface area contributed by atoms with E-state index in [9.17, 15) is 0 Å². The van der Waals surface area contributed by atoms with Crippen molar-refractivity contribution >= 4 is 11.8 Å². The molecule has 0 unspecified atom stereocenters. The predicted molar refractivity (Wildman–Crippen MR) is 73.2 cm³/mol. The lowest BCUT2D eigenvalue weighted by Crippen LogP contribution is -2.27. The van der Waals surface area contributed by atoms with Gasteiger partial charge in [-0.2, -0.15) is 4.98 Å². The van der Waals surface area contributed by atoms with Crippen LogP contribution in [0.15, 0.2) is 6.07 Å². The quantitative estimate of drug-likeness (QED) is 0.791. The zero-order valence-corrected chi connectivity index (χ0v) is 11.2. The van der Waals surface area contributed by atoms with Crippen molar-refractivity contribution < 1.29 is 0 Å². The number of aryl methyl sites for hydroxylation is 1. The molecule has 1 heterocycles. The van der Waals surface area contributed by atoms with Gasteiger partial charge in [-0.25, -0.2) is 4.98 Å². The minimum absolute atomic E-state index is 0.373. The van der Waals surface area contributed by atoms with Crippen LogP contribution in [0.3, 0.4) is 0 Å². The lowest BCUT2D eigenvalue weighted by Gasteiger charge is -2.23. The highest BCUT2D eigenvalue weighted by Gasteiger charge is 2.08. The molecule has 17 heavy (non-hydrogen) atoms. The maximum atomic E-state index is 5.71. The van der Waals surface area contributed by atoms with Gasteiger partial charge in [0, 0.05) is 24.8 Å². The molecule has 4 nitrogen and oxygen atoms in total. The fourth-order valence-corrected chi connectivity index (χ4v) is 1.78. The van der Waals surface area contributed by atoms with Gasteiger partial charge in [0.05, 0.1) is 0 Å². The molecule has 0 aliphatic rings. The summed E-state index contributed by atoms with van der Waals surface area (Å²) in [6.45, 7) is 8.47. The van der Waals surface area contributed by atoms with Crippen molar-refractivity contribution in [2.45, 2.75) is 46.5 Å². The maximum Gasteiger partial charge on any atom is 0.222 e. The molecular formula is C13H24N4. The van der Waals surface area contributed by atoms with Gasteiger partial charge < -0.3 is 10.6 Å². The van der Waals surface area contributed by atoms with E-state index in [2.05, 4.69) is 28.7 Å². The van der Waals surface area contributed by atoms with Crippen molar-refractivity contribution in [1.82, 2.24) is 9.97 Å². The maximum absolute atomic E-state index is 5.71. The number of nitrogens with zero attached hydrogens (tertiary/aromatic N) is 3.